The van der Waals surface area contributed by atoms with Crippen molar-refractivity contribution in [2.75, 3.05) is 0 Å². The fraction of sp³-hybridized carbons (Fsp3) is 0.0870. The minimum absolute atomic E-state index is 0.00159. The number of benzene rings is 3. The lowest BCUT2D eigenvalue weighted by Gasteiger charge is -2.23. The van der Waals surface area contributed by atoms with Gasteiger partial charge in [-0.3, -0.25) is 0 Å². The van der Waals surface area contributed by atoms with Crippen LogP contribution in [0.4, 0.5) is 13.2 Å². The van der Waals surface area contributed by atoms with Gasteiger partial charge in [-0.1, -0.05) is 30.8 Å². The Morgan fingerprint density at radius 3 is 2.26 bits per heavy atom. The maximum atomic E-state index is 15.3. The Bertz CT molecular complexity index is 1540. The number of carboxylic acid groups (broad SMARTS) is 1. The van der Waals surface area contributed by atoms with Crippen molar-refractivity contribution in [3.63, 3.8) is 0 Å². The van der Waals surface area contributed by atoms with Gasteiger partial charge in [-0.25, -0.2) is 26.4 Å². The third-order valence-electron chi connectivity index (χ3n) is 5.30. The maximum absolute atomic E-state index is 15.3. The number of carboxylic acids is 1. The summed E-state index contributed by atoms with van der Waals surface area (Å²) in [7, 11) is -4.06. The van der Waals surface area contributed by atoms with Crippen LogP contribution in [0.3, 0.4) is 0 Å². The van der Waals surface area contributed by atoms with Crippen LogP contribution in [0, 0.1) is 31.3 Å². The third kappa shape index (κ3) is 2.90. The molecule has 0 amide bonds. The molecule has 158 valence electrons. The second-order valence-electron chi connectivity index (χ2n) is 7.33. The van der Waals surface area contributed by atoms with E-state index in [2.05, 4.69) is 6.58 Å². The Hall–Kier alpha value is -3.39. The Labute approximate surface area is 175 Å². The molecular weight excluding hydrogens is 429 g/mol. The van der Waals surface area contributed by atoms with Crippen LogP contribution < -0.4 is 10.4 Å². The number of aryl methyl sites for hydroxylation is 1. The molecule has 1 N–H and O–H groups in total. The second kappa shape index (κ2) is 6.81. The lowest BCUT2D eigenvalue weighted by Crippen LogP contribution is -2.29. The van der Waals surface area contributed by atoms with E-state index in [9.17, 15) is 27.1 Å². The number of sulfone groups is 1. The second-order valence-corrected chi connectivity index (χ2v) is 9.22. The monoisotopic (exact) mass is 444 g/mol. The minimum atomic E-state index is -4.06. The molecule has 31 heavy (non-hydrogen) atoms. The molecular formula is C23H15F3O4S. The van der Waals surface area contributed by atoms with Crippen molar-refractivity contribution < 1.29 is 31.5 Å². The van der Waals surface area contributed by atoms with Gasteiger partial charge in [-0.05, 0) is 36.8 Å². The summed E-state index contributed by atoms with van der Waals surface area (Å²) in [4.78, 5) is 11.4. The van der Waals surface area contributed by atoms with Gasteiger partial charge in [0.1, 0.15) is 11.4 Å². The van der Waals surface area contributed by atoms with Crippen molar-refractivity contribution in [1.82, 2.24) is 0 Å². The molecule has 4 nitrogen and oxygen atoms in total. The smallest absolute Gasteiger partial charge is 0.339 e. The van der Waals surface area contributed by atoms with Gasteiger partial charge >= 0.3 is 5.97 Å². The van der Waals surface area contributed by atoms with E-state index in [4.69, 9.17) is 0 Å². The van der Waals surface area contributed by atoms with E-state index < -0.39 is 49.9 Å². The summed E-state index contributed by atoms with van der Waals surface area (Å²) in [6.45, 7) is 6.36. The molecule has 0 bridgehead atoms. The zero-order valence-electron chi connectivity index (χ0n) is 16.4. The largest absolute Gasteiger partial charge is 0.478 e. The molecule has 1 aliphatic rings. The molecule has 0 fully saturated rings. The molecule has 8 heteroatoms. The van der Waals surface area contributed by atoms with Gasteiger partial charge in [0.15, 0.2) is 11.6 Å². The normalized spacial score (nSPS) is 14.2. The number of hydrogen-bond donors (Lipinski definition) is 1. The predicted octanol–water partition coefficient (Wildman–Crippen LogP) is 3.22. The number of rotatable bonds is 2. The van der Waals surface area contributed by atoms with Crippen LogP contribution in [0.5, 0.6) is 0 Å². The van der Waals surface area contributed by atoms with Crippen molar-refractivity contribution in [3.05, 3.63) is 92.1 Å². The summed E-state index contributed by atoms with van der Waals surface area (Å²) < 4.78 is 70.8. The van der Waals surface area contributed by atoms with Crippen LogP contribution in [-0.2, 0) is 9.84 Å². The van der Waals surface area contributed by atoms with E-state index in [-0.39, 0.29) is 26.1 Å². The van der Waals surface area contributed by atoms with Gasteiger partial charge in [-0.2, -0.15) is 0 Å². The zero-order chi connectivity index (χ0) is 22.8. The van der Waals surface area contributed by atoms with Gasteiger partial charge in [0.25, 0.3) is 0 Å². The standard InChI is InChI=1S/C23H15F3O4S/c1-10-4-6-13-15(8-10)31(29,30)16-9-11(2)5-7-14(16)17(13)18-19(23(27)28)22(26)21(25)12(3)20(18)24/h4-9H,1H2,2-3H3,(H,27,28). The third-order valence-corrected chi connectivity index (χ3v) is 7.14. The highest BCUT2D eigenvalue weighted by Gasteiger charge is 2.36. The van der Waals surface area contributed by atoms with Crippen molar-refractivity contribution in [2.45, 2.75) is 23.6 Å². The molecule has 0 saturated carbocycles. The highest BCUT2D eigenvalue weighted by molar-refractivity contribution is 7.91. The molecule has 0 aliphatic carbocycles. The van der Waals surface area contributed by atoms with E-state index in [0.29, 0.717) is 10.8 Å². The first kappa shape index (κ1) is 20.9. The van der Waals surface area contributed by atoms with Crippen LogP contribution in [0.15, 0.2) is 46.2 Å². The van der Waals surface area contributed by atoms with Crippen molar-refractivity contribution in [3.8, 4) is 0 Å². The zero-order valence-corrected chi connectivity index (χ0v) is 17.2. The summed E-state index contributed by atoms with van der Waals surface area (Å²) in [5, 5.41) is 9.93. The molecule has 1 heterocycles. The first-order valence-electron chi connectivity index (χ1n) is 9.07. The van der Waals surface area contributed by atoms with Gasteiger partial charge in [0, 0.05) is 27.5 Å². The van der Waals surface area contributed by atoms with Gasteiger partial charge in [-0.15, -0.1) is 0 Å². The van der Waals surface area contributed by atoms with Crippen LogP contribution in [0.2, 0.25) is 0 Å². The van der Waals surface area contributed by atoms with E-state index in [1.54, 1.807) is 13.0 Å². The molecule has 0 spiro atoms. The summed E-state index contributed by atoms with van der Waals surface area (Å²) >= 11 is 0. The van der Waals surface area contributed by atoms with Crippen molar-refractivity contribution in [2.24, 2.45) is 0 Å². The summed E-state index contributed by atoms with van der Waals surface area (Å²) in [6.07, 6.45) is 0. The highest BCUT2D eigenvalue weighted by atomic mass is 32.2. The van der Waals surface area contributed by atoms with Crippen LogP contribution in [-0.4, -0.2) is 19.5 Å². The lowest BCUT2D eigenvalue weighted by molar-refractivity contribution is 0.0689. The van der Waals surface area contributed by atoms with Gasteiger partial charge in [0.05, 0.1) is 9.79 Å². The molecule has 0 radical (unpaired) electrons. The van der Waals surface area contributed by atoms with E-state index in [0.717, 1.165) is 6.92 Å². The Kier molecular flexibility index (Phi) is 4.59. The molecule has 0 aromatic heterocycles. The predicted molar refractivity (Wildman–Crippen MR) is 107 cm³/mol. The quantitative estimate of drug-likeness (QED) is 0.482. The lowest BCUT2D eigenvalue weighted by atomic mass is 9.88. The SMILES string of the molecule is C=c1ccc2c(c1)S(=O)(=O)c1cc(C)ccc1C=2c1c(F)c(C)c(F)c(F)c1C(=O)O. The summed E-state index contributed by atoms with van der Waals surface area (Å²) in [5.74, 6) is -6.48. The van der Waals surface area contributed by atoms with E-state index in [1.807, 2.05) is 0 Å². The first-order chi connectivity index (χ1) is 14.5. The Morgan fingerprint density at radius 2 is 1.61 bits per heavy atom. The Morgan fingerprint density at radius 1 is 0.935 bits per heavy atom. The average molecular weight is 444 g/mol. The molecule has 0 atom stereocenters. The topological polar surface area (TPSA) is 71.4 Å². The van der Waals surface area contributed by atoms with E-state index in [1.165, 1.54) is 30.3 Å². The highest BCUT2D eigenvalue weighted by Crippen LogP contribution is 2.38. The minimum Gasteiger partial charge on any atom is -0.478 e. The first-order valence-corrected chi connectivity index (χ1v) is 10.5. The fourth-order valence-electron chi connectivity index (χ4n) is 3.80. The Balaban J connectivity index is 2.37. The van der Waals surface area contributed by atoms with Crippen LogP contribution in [0.25, 0.3) is 12.2 Å². The van der Waals surface area contributed by atoms with Gasteiger partial charge in [0.2, 0.25) is 9.84 Å². The van der Waals surface area contributed by atoms with Gasteiger partial charge < -0.3 is 5.11 Å². The van der Waals surface area contributed by atoms with E-state index >= 15 is 4.39 Å². The number of halogens is 3. The van der Waals surface area contributed by atoms with Crippen LogP contribution >= 0.6 is 0 Å². The van der Waals surface area contributed by atoms with Crippen LogP contribution in [0.1, 0.15) is 32.6 Å². The maximum Gasteiger partial charge on any atom is 0.339 e. The molecule has 0 saturated heterocycles. The number of fused-ring (bicyclic) bond motifs is 2. The van der Waals surface area contributed by atoms with Crippen molar-refractivity contribution >= 4 is 28.0 Å². The molecule has 3 aromatic carbocycles. The molecule has 1 aliphatic heterocycles. The molecule has 4 rings (SSSR count). The number of aromatic carboxylic acids is 1. The molecule has 0 unspecified atom stereocenters. The average Bonchev–Trinajstić information content (AvgIpc) is 2.70. The fourth-order valence-corrected chi connectivity index (χ4v) is 5.60. The molecule has 3 aromatic rings. The number of hydrogen-bond acceptors (Lipinski definition) is 3. The number of carbonyl (C=O) groups is 1. The summed E-state index contributed by atoms with van der Waals surface area (Å²) in [5.41, 5.74) is -2.16. The van der Waals surface area contributed by atoms with Crippen molar-refractivity contribution in [1.29, 1.82) is 0 Å². The summed E-state index contributed by atoms with van der Waals surface area (Å²) in [6, 6.07) is 8.45.